The summed E-state index contributed by atoms with van der Waals surface area (Å²) in [5, 5.41) is 20.3. The monoisotopic (exact) mass is 335 g/mol. The highest BCUT2D eigenvalue weighted by atomic mass is 16.6. The molecule has 2 aromatic heterocycles. The first kappa shape index (κ1) is 16.2. The van der Waals surface area contributed by atoms with Gasteiger partial charge >= 0.3 is 5.97 Å². The van der Waals surface area contributed by atoms with Crippen LogP contribution in [0.15, 0.2) is 48.8 Å². The zero-order chi connectivity index (χ0) is 18.0. The number of ether oxygens (including phenoxy) is 1. The summed E-state index contributed by atoms with van der Waals surface area (Å²) in [6, 6.07) is 11.8. The van der Waals surface area contributed by atoms with Crippen LogP contribution in [-0.4, -0.2) is 15.3 Å². The second-order valence-electron chi connectivity index (χ2n) is 5.42. The number of aromatic nitrogens is 1. The topological polar surface area (TPSA) is 97.6 Å². The van der Waals surface area contributed by atoms with Crippen LogP contribution in [-0.2, 0) is 11.3 Å². The van der Waals surface area contributed by atoms with E-state index < -0.39 is 10.9 Å². The molecule has 0 saturated carbocycles. The van der Waals surface area contributed by atoms with Crippen LogP contribution in [0.3, 0.4) is 0 Å². The third kappa shape index (κ3) is 2.93. The molecule has 124 valence electrons. The Kier molecular flexibility index (Phi) is 4.18. The predicted molar refractivity (Wildman–Crippen MR) is 89.1 cm³/mol. The van der Waals surface area contributed by atoms with Gasteiger partial charge in [-0.3, -0.25) is 10.1 Å². The average molecular weight is 335 g/mol. The molecule has 0 spiro atoms. The molecule has 7 nitrogen and oxygen atoms in total. The van der Waals surface area contributed by atoms with Crippen molar-refractivity contribution in [1.82, 2.24) is 4.40 Å². The van der Waals surface area contributed by atoms with E-state index in [9.17, 15) is 20.2 Å². The number of hydrogen-bond acceptors (Lipinski definition) is 5. The SMILES string of the molecule is Cc1c(C(=O)OCc2cn3ccccc3c2C#N)cccc1[N+](=O)[O-]. The van der Waals surface area contributed by atoms with Crippen molar-refractivity contribution in [2.75, 3.05) is 0 Å². The first-order chi connectivity index (χ1) is 12.0. The van der Waals surface area contributed by atoms with Crippen LogP contribution in [0, 0.1) is 28.4 Å². The van der Waals surface area contributed by atoms with E-state index in [1.54, 1.807) is 22.9 Å². The van der Waals surface area contributed by atoms with Gasteiger partial charge in [-0.15, -0.1) is 0 Å². The van der Waals surface area contributed by atoms with Crippen molar-refractivity contribution in [3.63, 3.8) is 0 Å². The number of benzene rings is 1. The van der Waals surface area contributed by atoms with E-state index in [-0.39, 0.29) is 23.4 Å². The number of nitriles is 1. The number of hydrogen-bond donors (Lipinski definition) is 0. The fraction of sp³-hybridized carbons (Fsp3) is 0.111. The first-order valence-corrected chi connectivity index (χ1v) is 7.42. The van der Waals surface area contributed by atoms with Crippen LogP contribution >= 0.6 is 0 Å². The molecular formula is C18H13N3O4. The third-order valence-corrected chi connectivity index (χ3v) is 3.95. The van der Waals surface area contributed by atoms with E-state index in [0.29, 0.717) is 11.1 Å². The summed E-state index contributed by atoms with van der Waals surface area (Å²) in [5.41, 5.74) is 1.98. The van der Waals surface area contributed by atoms with Crippen molar-refractivity contribution >= 4 is 17.2 Å². The van der Waals surface area contributed by atoms with Crippen LogP contribution in [0.1, 0.15) is 27.0 Å². The largest absolute Gasteiger partial charge is 0.457 e. The van der Waals surface area contributed by atoms with Gasteiger partial charge in [0.1, 0.15) is 12.7 Å². The zero-order valence-corrected chi connectivity index (χ0v) is 13.3. The second kappa shape index (κ2) is 6.45. The van der Waals surface area contributed by atoms with E-state index >= 15 is 0 Å². The molecule has 0 aliphatic carbocycles. The average Bonchev–Trinajstić information content (AvgIpc) is 2.97. The lowest BCUT2D eigenvalue weighted by atomic mass is 10.1. The Bertz CT molecular complexity index is 1030. The van der Waals surface area contributed by atoms with Crippen LogP contribution in [0.4, 0.5) is 5.69 Å². The lowest BCUT2D eigenvalue weighted by molar-refractivity contribution is -0.385. The van der Waals surface area contributed by atoms with Gasteiger partial charge < -0.3 is 9.14 Å². The lowest BCUT2D eigenvalue weighted by Gasteiger charge is -2.07. The molecule has 7 heteroatoms. The molecule has 0 aliphatic rings. The summed E-state index contributed by atoms with van der Waals surface area (Å²) in [6.07, 6.45) is 3.52. The molecule has 0 bridgehead atoms. The molecule has 0 atom stereocenters. The van der Waals surface area contributed by atoms with Crippen molar-refractivity contribution in [1.29, 1.82) is 5.26 Å². The van der Waals surface area contributed by atoms with Gasteiger partial charge in [-0.25, -0.2) is 4.79 Å². The van der Waals surface area contributed by atoms with Crippen molar-refractivity contribution in [2.24, 2.45) is 0 Å². The van der Waals surface area contributed by atoms with Gasteiger partial charge in [-0.2, -0.15) is 5.26 Å². The number of pyridine rings is 1. The summed E-state index contributed by atoms with van der Waals surface area (Å²) in [6.45, 7) is 1.41. The molecule has 0 aliphatic heterocycles. The number of nitro groups is 1. The van der Waals surface area contributed by atoms with E-state index in [2.05, 4.69) is 6.07 Å². The molecule has 3 rings (SSSR count). The summed E-state index contributed by atoms with van der Waals surface area (Å²) in [4.78, 5) is 22.7. The van der Waals surface area contributed by atoms with Gasteiger partial charge in [-0.1, -0.05) is 12.1 Å². The molecule has 2 heterocycles. The zero-order valence-electron chi connectivity index (χ0n) is 13.3. The van der Waals surface area contributed by atoms with E-state index in [4.69, 9.17) is 4.74 Å². The Hall–Kier alpha value is -3.66. The van der Waals surface area contributed by atoms with Crippen LogP contribution in [0.25, 0.3) is 5.52 Å². The number of rotatable bonds is 4. The van der Waals surface area contributed by atoms with Crippen molar-refractivity contribution < 1.29 is 14.5 Å². The quantitative estimate of drug-likeness (QED) is 0.413. The van der Waals surface area contributed by atoms with Gasteiger partial charge in [0.15, 0.2) is 0 Å². The molecule has 3 aromatic rings. The van der Waals surface area contributed by atoms with Crippen molar-refractivity contribution in [2.45, 2.75) is 13.5 Å². The fourth-order valence-corrected chi connectivity index (χ4v) is 2.68. The number of carbonyl (C=O) groups excluding carboxylic acids is 1. The second-order valence-corrected chi connectivity index (χ2v) is 5.42. The molecule has 0 unspecified atom stereocenters. The van der Waals surface area contributed by atoms with Crippen LogP contribution in [0.5, 0.6) is 0 Å². The number of esters is 1. The molecule has 0 saturated heterocycles. The molecule has 0 fully saturated rings. The first-order valence-electron chi connectivity index (χ1n) is 7.42. The Morgan fingerprint density at radius 1 is 1.32 bits per heavy atom. The highest BCUT2D eigenvalue weighted by Gasteiger charge is 2.20. The van der Waals surface area contributed by atoms with Gasteiger partial charge in [0.25, 0.3) is 5.69 Å². The maximum Gasteiger partial charge on any atom is 0.338 e. The molecule has 0 N–H and O–H groups in total. The Morgan fingerprint density at radius 2 is 2.12 bits per heavy atom. The minimum Gasteiger partial charge on any atom is -0.457 e. The Balaban J connectivity index is 1.86. The Labute approximate surface area is 142 Å². The smallest absolute Gasteiger partial charge is 0.338 e. The molecule has 0 amide bonds. The lowest BCUT2D eigenvalue weighted by Crippen LogP contribution is -2.08. The number of carbonyl (C=O) groups is 1. The summed E-state index contributed by atoms with van der Waals surface area (Å²) in [5.74, 6) is -0.666. The van der Waals surface area contributed by atoms with Crippen molar-refractivity contribution in [3.05, 3.63) is 81.2 Å². The van der Waals surface area contributed by atoms with E-state index in [1.807, 2.05) is 12.1 Å². The third-order valence-electron chi connectivity index (χ3n) is 3.95. The minimum atomic E-state index is -0.666. The van der Waals surface area contributed by atoms with Crippen molar-refractivity contribution in [3.8, 4) is 6.07 Å². The predicted octanol–water partition coefficient (Wildman–Crippen LogP) is 3.38. The summed E-state index contributed by atoms with van der Waals surface area (Å²) in [7, 11) is 0. The molecule has 25 heavy (non-hydrogen) atoms. The highest BCUT2D eigenvalue weighted by molar-refractivity contribution is 5.92. The number of nitrogens with zero attached hydrogens (tertiary/aromatic N) is 3. The fourth-order valence-electron chi connectivity index (χ4n) is 2.68. The number of nitro benzene ring substituents is 1. The maximum absolute atomic E-state index is 12.3. The summed E-state index contributed by atoms with van der Waals surface area (Å²) >= 11 is 0. The molecule has 0 radical (unpaired) electrons. The van der Waals surface area contributed by atoms with Crippen LogP contribution in [0.2, 0.25) is 0 Å². The minimum absolute atomic E-state index is 0.0917. The molecular weight excluding hydrogens is 322 g/mol. The number of fused-ring (bicyclic) bond motifs is 1. The summed E-state index contributed by atoms with van der Waals surface area (Å²) < 4.78 is 7.05. The molecule has 1 aromatic carbocycles. The normalized spacial score (nSPS) is 10.4. The van der Waals surface area contributed by atoms with E-state index in [1.165, 1.54) is 25.1 Å². The highest BCUT2D eigenvalue weighted by Crippen LogP contribution is 2.23. The maximum atomic E-state index is 12.3. The van der Waals surface area contributed by atoms with Gasteiger partial charge in [-0.05, 0) is 25.1 Å². The van der Waals surface area contributed by atoms with Gasteiger partial charge in [0, 0.05) is 29.6 Å². The van der Waals surface area contributed by atoms with Crippen LogP contribution < -0.4 is 0 Å². The van der Waals surface area contributed by atoms with E-state index in [0.717, 1.165) is 5.52 Å². The van der Waals surface area contributed by atoms with Gasteiger partial charge in [0.05, 0.1) is 21.6 Å². The standard InChI is InChI=1S/C18H13N3O4/c1-12-14(5-4-7-16(12)21(23)24)18(22)25-11-13-10-20-8-3-2-6-17(20)15(13)9-19/h2-8,10H,11H2,1H3. The van der Waals surface area contributed by atoms with Gasteiger partial charge in [0.2, 0.25) is 0 Å². The Morgan fingerprint density at radius 3 is 2.84 bits per heavy atom.